The molecule has 0 amide bonds. The Morgan fingerprint density at radius 2 is 1.90 bits per heavy atom. The van der Waals surface area contributed by atoms with E-state index in [2.05, 4.69) is 37.9 Å². The van der Waals surface area contributed by atoms with Crippen molar-refractivity contribution in [1.29, 1.82) is 0 Å². The Morgan fingerprint density at radius 1 is 1.10 bits per heavy atom. The number of likely N-dealkylation sites (tertiary alicyclic amines) is 1. The van der Waals surface area contributed by atoms with Crippen LogP contribution in [0.2, 0.25) is 0 Å². The smallest absolute Gasteiger partial charge is 0.0274 e. The predicted octanol–water partition coefficient (Wildman–Crippen LogP) is 4.20. The third kappa shape index (κ3) is 3.57. The Balaban J connectivity index is 2.10. The Labute approximate surface area is 126 Å². The van der Waals surface area contributed by atoms with Crippen LogP contribution < -0.4 is 5.32 Å². The molecular weight excluding hydrogens is 244 g/mol. The van der Waals surface area contributed by atoms with Crippen molar-refractivity contribution >= 4 is 0 Å². The molecular formula is C18H36N2. The van der Waals surface area contributed by atoms with E-state index in [4.69, 9.17) is 0 Å². The van der Waals surface area contributed by atoms with Gasteiger partial charge in [0.1, 0.15) is 0 Å². The van der Waals surface area contributed by atoms with Gasteiger partial charge in [-0.3, -0.25) is 4.90 Å². The van der Waals surface area contributed by atoms with Crippen molar-refractivity contribution < 1.29 is 0 Å². The maximum atomic E-state index is 3.89. The van der Waals surface area contributed by atoms with Gasteiger partial charge in [-0.15, -0.1) is 0 Å². The zero-order chi connectivity index (χ0) is 14.6. The SMILES string of the molecule is CCCNC1C(N2CCCCCC2CC)CCC1(C)C. The minimum atomic E-state index is 0.463. The molecule has 0 bridgehead atoms. The van der Waals surface area contributed by atoms with Crippen LogP contribution in [0.15, 0.2) is 0 Å². The zero-order valence-electron chi connectivity index (χ0n) is 14.3. The Hall–Kier alpha value is -0.0800. The second-order valence-corrected chi connectivity index (χ2v) is 7.68. The first-order valence-electron chi connectivity index (χ1n) is 9.09. The summed E-state index contributed by atoms with van der Waals surface area (Å²) < 4.78 is 0. The van der Waals surface area contributed by atoms with Crippen LogP contribution in [0.5, 0.6) is 0 Å². The first kappa shape index (κ1) is 16.3. The lowest BCUT2D eigenvalue weighted by atomic mass is 9.86. The largest absolute Gasteiger partial charge is 0.312 e. The molecule has 0 radical (unpaired) electrons. The van der Waals surface area contributed by atoms with E-state index in [9.17, 15) is 0 Å². The van der Waals surface area contributed by atoms with E-state index in [-0.39, 0.29) is 0 Å². The first-order valence-corrected chi connectivity index (χ1v) is 9.09. The van der Waals surface area contributed by atoms with Crippen molar-refractivity contribution in [2.24, 2.45) is 5.41 Å². The predicted molar refractivity (Wildman–Crippen MR) is 88.1 cm³/mol. The molecule has 2 aliphatic rings. The van der Waals surface area contributed by atoms with Gasteiger partial charge in [-0.25, -0.2) is 0 Å². The summed E-state index contributed by atoms with van der Waals surface area (Å²) in [4.78, 5) is 2.90. The van der Waals surface area contributed by atoms with Gasteiger partial charge in [0.05, 0.1) is 0 Å². The molecule has 1 aliphatic heterocycles. The fourth-order valence-corrected chi connectivity index (χ4v) is 4.51. The van der Waals surface area contributed by atoms with Gasteiger partial charge in [-0.2, -0.15) is 0 Å². The quantitative estimate of drug-likeness (QED) is 0.812. The second-order valence-electron chi connectivity index (χ2n) is 7.68. The van der Waals surface area contributed by atoms with Gasteiger partial charge in [-0.1, -0.05) is 40.5 Å². The molecule has 118 valence electrons. The summed E-state index contributed by atoms with van der Waals surface area (Å²) in [5.74, 6) is 0. The maximum Gasteiger partial charge on any atom is 0.0274 e. The average Bonchev–Trinajstić information content (AvgIpc) is 2.62. The summed E-state index contributed by atoms with van der Waals surface area (Å²) in [6.45, 7) is 12.1. The monoisotopic (exact) mass is 280 g/mol. The van der Waals surface area contributed by atoms with Crippen LogP contribution in [0.25, 0.3) is 0 Å². The molecule has 2 heteroatoms. The van der Waals surface area contributed by atoms with Crippen molar-refractivity contribution in [3.8, 4) is 0 Å². The minimum absolute atomic E-state index is 0.463. The van der Waals surface area contributed by atoms with E-state index in [0.717, 1.165) is 12.1 Å². The van der Waals surface area contributed by atoms with Crippen LogP contribution in [0.4, 0.5) is 0 Å². The summed E-state index contributed by atoms with van der Waals surface area (Å²) in [5.41, 5.74) is 0.463. The Kier molecular flexibility index (Phi) is 5.92. The molecule has 0 aromatic carbocycles. The topological polar surface area (TPSA) is 15.3 Å². The molecule has 1 saturated heterocycles. The van der Waals surface area contributed by atoms with Gasteiger partial charge < -0.3 is 5.32 Å². The molecule has 3 atom stereocenters. The number of nitrogens with one attached hydrogen (secondary N) is 1. The Bertz CT molecular complexity index is 287. The summed E-state index contributed by atoms with van der Waals surface area (Å²) in [6, 6.07) is 2.30. The van der Waals surface area contributed by atoms with E-state index in [1.54, 1.807) is 0 Å². The highest BCUT2D eigenvalue weighted by molar-refractivity contribution is 5.02. The van der Waals surface area contributed by atoms with Crippen molar-refractivity contribution in [1.82, 2.24) is 10.2 Å². The van der Waals surface area contributed by atoms with E-state index in [1.165, 1.54) is 64.5 Å². The molecule has 0 aromatic heterocycles. The number of hydrogen-bond acceptors (Lipinski definition) is 2. The molecule has 2 rings (SSSR count). The van der Waals surface area contributed by atoms with E-state index >= 15 is 0 Å². The van der Waals surface area contributed by atoms with Crippen LogP contribution in [-0.2, 0) is 0 Å². The van der Waals surface area contributed by atoms with Gasteiger partial charge >= 0.3 is 0 Å². The van der Waals surface area contributed by atoms with Gasteiger partial charge in [0.25, 0.3) is 0 Å². The highest BCUT2D eigenvalue weighted by Gasteiger charge is 2.45. The second kappa shape index (κ2) is 7.26. The number of nitrogens with zero attached hydrogens (tertiary/aromatic N) is 1. The normalized spacial score (nSPS) is 35.1. The molecule has 2 nitrogen and oxygen atoms in total. The maximum absolute atomic E-state index is 3.89. The third-order valence-corrected chi connectivity index (χ3v) is 5.75. The molecule has 1 aliphatic carbocycles. The molecule has 20 heavy (non-hydrogen) atoms. The summed E-state index contributed by atoms with van der Waals surface area (Å²) >= 11 is 0. The molecule has 0 spiro atoms. The standard InChI is InChI=1S/C18H36N2/c1-5-13-19-17-16(11-12-18(17,3)4)20-14-9-7-8-10-15(20)6-2/h15-17,19H,5-14H2,1-4H3. The highest BCUT2D eigenvalue weighted by Crippen LogP contribution is 2.41. The van der Waals surface area contributed by atoms with E-state index < -0.39 is 0 Å². The molecule has 2 fully saturated rings. The average molecular weight is 280 g/mol. The van der Waals surface area contributed by atoms with Crippen molar-refractivity contribution in [2.75, 3.05) is 13.1 Å². The number of hydrogen-bond donors (Lipinski definition) is 1. The molecule has 3 unspecified atom stereocenters. The lowest BCUT2D eigenvalue weighted by Crippen LogP contribution is -2.54. The molecule has 1 N–H and O–H groups in total. The summed E-state index contributed by atoms with van der Waals surface area (Å²) in [6.07, 6.45) is 11.1. The van der Waals surface area contributed by atoms with Gasteiger partial charge in [0, 0.05) is 18.1 Å². The third-order valence-electron chi connectivity index (χ3n) is 5.75. The van der Waals surface area contributed by atoms with Crippen LogP contribution in [0.1, 0.15) is 79.1 Å². The van der Waals surface area contributed by atoms with Crippen molar-refractivity contribution in [3.05, 3.63) is 0 Å². The van der Waals surface area contributed by atoms with Crippen LogP contribution >= 0.6 is 0 Å². The highest BCUT2D eigenvalue weighted by atomic mass is 15.2. The van der Waals surface area contributed by atoms with Crippen LogP contribution in [-0.4, -0.2) is 36.1 Å². The molecule has 1 heterocycles. The number of rotatable bonds is 5. The van der Waals surface area contributed by atoms with Crippen molar-refractivity contribution in [2.45, 2.75) is 97.2 Å². The molecule has 0 aromatic rings. The van der Waals surface area contributed by atoms with E-state index in [1.807, 2.05) is 0 Å². The lowest BCUT2D eigenvalue weighted by molar-refractivity contribution is 0.0982. The molecule has 1 saturated carbocycles. The van der Waals surface area contributed by atoms with E-state index in [0.29, 0.717) is 11.5 Å². The minimum Gasteiger partial charge on any atom is -0.312 e. The van der Waals surface area contributed by atoms with Gasteiger partial charge in [0.2, 0.25) is 0 Å². The Morgan fingerprint density at radius 3 is 2.60 bits per heavy atom. The first-order chi connectivity index (χ1) is 9.60. The van der Waals surface area contributed by atoms with Crippen LogP contribution in [0.3, 0.4) is 0 Å². The van der Waals surface area contributed by atoms with Crippen LogP contribution in [0, 0.1) is 5.41 Å². The lowest BCUT2D eigenvalue weighted by Gasteiger charge is -2.41. The fourth-order valence-electron chi connectivity index (χ4n) is 4.51. The summed E-state index contributed by atoms with van der Waals surface area (Å²) in [7, 11) is 0. The van der Waals surface area contributed by atoms with Gasteiger partial charge in [0.15, 0.2) is 0 Å². The summed E-state index contributed by atoms with van der Waals surface area (Å²) in [5, 5.41) is 3.89. The zero-order valence-corrected chi connectivity index (χ0v) is 14.3. The van der Waals surface area contributed by atoms with Crippen molar-refractivity contribution in [3.63, 3.8) is 0 Å². The fraction of sp³-hybridized carbons (Fsp3) is 1.00. The van der Waals surface area contributed by atoms with Gasteiger partial charge in [-0.05, 0) is 57.0 Å².